The van der Waals surface area contributed by atoms with Gasteiger partial charge >= 0.3 is 0 Å². The number of hydrogen-bond acceptors (Lipinski definition) is 5. The summed E-state index contributed by atoms with van der Waals surface area (Å²) >= 11 is 0. The van der Waals surface area contributed by atoms with Gasteiger partial charge in [-0.15, -0.1) is 0 Å². The van der Waals surface area contributed by atoms with Gasteiger partial charge in [0.2, 0.25) is 0 Å². The first-order valence-electron chi connectivity index (χ1n) is 10.8. The van der Waals surface area contributed by atoms with Crippen LogP contribution in [0.3, 0.4) is 0 Å². The lowest BCUT2D eigenvalue weighted by atomic mass is 10.1. The fourth-order valence-electron chi connectivity index (χ4n) is 3.60. The van der Waals surface area contributed by atoms with E-state index in [0.29, 0.717) is 42.3 Å². The number of anilines is 1. The van der Waals surface area contributed by atoms with Gasteiger partial charge in [-0.1, -0.05) is 48.5 Å². The Labute approximate surface area is 201 Å². The molecule has 0 spiro atoms. The molecular weight excluding hydrogens is 452 g/mol. The third kappa shape index (κ3) is 5.58. The van der Waals surface area contributed by atoms with Crippen molar-refractivity contribution in [2.24, 2.45) is 0 Å². The van der Waals surface area contributed by atoms with Gasteiger partial charge in [0, 0.05) is 32.8 Å². The summed E-state index contributed by atoms with van der Waals surface area (Å²) in [4.78, 5) is 15.2. The van der Waals surface area contributed by atoms with E-state index >= 15 is 0 Å². The summed E-state index contributed by atoms with van der Waals surface area (Å²) in [6.07, 6.45) is 0. The number of hydrogen-bond donors (Lipinski definition) is 0. The molecule has 34 heavy (non-hydrogen) atoms. The Hall–Kier alpha value is -3.36. The van der Waals surface area contributed by atoms with Crippen LogP contribution < -0.4 is 9.04 Å². The number of para-hydroxylation sites is 2. The van der Waals surface area contributed by atoms with Crippen molar-refractivity contribution in [1.82, 2.24) is 4.90 Å². The van der Waals surface area contributed by atoms with E-state index in [1.165, 1.54) is 26.3 Å². The van der Waals surface area contributed by atoms with Gasteiger partial charge in [0.1, 0.15) is 5.75 Å². The zero-order chi connectivity index (χ0) is 24.7. The first kappa shape index (κ1) is 25.3. The predicted molar refractivity (Wildman–Crippen MR) is 133 cm³/mol. The van der Waals surface area contributed by atoms with E-state index < -0.39 is 10.0 Å². The van der Waals surface area contributed by atoms with Crippen molar-refractivity contribution in [3.8, 4) is 5.75 Å². The minimum atomic E-state index is -3.94. The molecule has 0 aromatic heterocycles. The molecule has 1 amide bonds. The molecule has 0 radical (unpaired) electrons. The van der Waals surface area contributed by atoms with E-state index in [1.807, 2.05) is 30.3 Å². The highest BCUT2D eigenvalue weighted by Gasteiger charge is 2.26. The van der Waals surface area contributed by atoms with Crippen LogP contribution in [0.4, 0.5) is 5.69 Å². The summed E-state index contributed by atoms with van der Waals surface area (Å²) in [5.74, 6) is 0.181. The second-order valence-corrected chi connectivity index (χ2v) is 9.80. The number of carbonyl (C=O) groups excluding carboxylic acids is 1. The zero-order valence-electron chi connectivity index (χ0n) is 19.9. The fourth-order valence-corrected chi connectivity index (χ4v) is 4.83. The third-order valence-corrected chi connectivity index (χ3v) is 7.36. The van der Waals surface area contributed by atoms with Crippen molar-refractivity contribution < 1.29 is 22.7 Å². The fraction of sp³-hybridized carbons (Fsp3) is 0.269. The Balaban J connectivity index is 1.97. The van der Waals surface area contributed by atoms with Gasteiger partial charge < -0.3 is 14.4 Å². The number of methoxy groups -OCH3 is 2. The largest absolute Gasteiger partial charge is 0.495 e. The van der Waals surface area contributed by atoms with Gasteiger partial charge in [-0.3, -0.25) is 9.10 Å². The van der Waals surface area contributed by atoms with Crippen molar-refractivity contribution in [2.75, 3.05) is 38.7 Å². The highest BCUT2D eigenvalue weighted by molar-refractivity contribution is 7.92. The Morgan fingerprint density at radius 3 is 2.29 bits per heavy atom. The van der Waals surface area contributed by atoms with E-state index in [4.69, 9.17) is 9.47 Å². The predicted octanol–water partition coefficient (Wildman–Crippen LogP) is 4.12. The highest BCUT2D eigenvalue weighted by atomic mass is 32.2. The normalized spacial score (nSPS) is 11.2. The molecule has 3 rings (SSSR count). The Morgan fingerprint density at radius 1 is 0.941 bits per heavy atom. The molecule has 180 valence electrons. The maximum Gasteiger partial charge on any atom is 0.264 e. The van der Waals surface area contributed by atoms with Crippen LogP contribution in [0.2, 0.25) is 0 Å². The Bertz CT molecular complexity index is 1230. The van der Waals surface area contributed by atoms with Gasteiger partial charge in [-0.25, -0.2) is 8.42 Å². The van der Waals surface area contributed by atoms with Crippen molar-refractivity contribution >= 4 is 21.6 Å². The summed E-state index contributed by atoms with van der Waals surface area (Å²) in [6, 6.07) is 21.2. The number of aryl methyl sites for hydroxylation is 1. The molecule has 0 saturated heterocycles. The number of amides is 1. The molecule has 0 fully saturated rings. The van der Waals surface area contributed by atoms with Crippen molar-refractivity contribution in [3.05, 3.63) is 89.5 Å². The van der Waals surface area contributed by atoms with E-state index in [9.17, 15) is 13.2 Å². The van der Waals surface area contributed by atoms with Crippen molar-refractivity contribution in [3.63, 3.8) is 0 Å². The van der Waals surface area contributed by atoms with Crippen LogP contribution in [-0.2, 0) is 21.3 Å². The summed E-state index contributed by atoms with van der Waals surface area (Å²) < 4.78 is 38.6. The molecular formula is C26H30N2O5S. The lowest BCUT2D eigenvalue weighted by molar-refractivity contribution is 0.0679. The molecule has 8 heteroatoms. The van der Waals surface area contributed by atoms with Crippen LogP contribution in [-0.4, -0.2) is 53.6 Å². The van der Waals surface area contributed by atoms with E-state index in [-0.39, 0.29) is 10.8 Å². The molecule has 3 aromatic carbocycles. The smallest absolute Gasteiger partial charge is 0.264 e. The molecule has 0 N–H and O–H groups in total. The van der Waals surface area contributed by atoms with E-state index in [1.54, 1.807) is 49.3 Å². The second kappa shape index (κ2) is 11.2. The van der Waals surface area contributed by atoms with Gasteiger partial charge in [0.25, 0.3) is 15.9 Å². The molecule has 0 heterocycles. The van der Waals surface area contributed by atoms with Crippen LogP contribution in [0, 0.1) is 6.92 Å². The Kier molecular flexibility index (Phi) is 8.31. The molecule has 0 aliphatic carbocycles. The van der Waals surface area contributed by atoms with Crippen LogP contribution >= 0.6 is 0 Å². The summed E-state index contributed by atoms with van der Waals surface area (Å²) in [5.41, 5.74) is 2.41. The average Bonchev–Trinajstić information content (AvgIpc) is 2.86. The molecule has 3 aromatic rings. The number of benzene rings is 3. The summed E-state index contributed by atoms with van der Waals surface area (Å²) in [7, 11) is 0.596. The van der Waals surface area contributed by atoms with Gasteiger partial charge in [0.05, 0.1) is 24.3 Å². The van der Waals surface area contributed by atoms with E-state index in [2.05, 4.69) is 0 Å². The molecule has 0 bridgehead atoms. The van der Waals surface area contributed by atoms with E-state index in [0.717, 1.165) is 9.87 Å². The van der Waals surface area contributed by atoms with Crippen LogP contribution in [0.1, 0.15) is 21.5 Å². The lowest BCUT2D eigenvalue weighted by Crippen LogP contribution is -2.34. The third-order valence-electron chi connectivity index (χ3n) is 5.59. The molecule has 7 nitrogen and oxygen atoms in total. The quantitative estimate of drug-likeness (QED) is 0.435. The Morgan fingerprint density at radius 2 is 1.62 bits per heavy atom. The molecule has 0 saturated carbocycles. The maximum absolute atomic E-state index is 13.5. The summed E-state index contributed by atoms with van der Waals surface area (Å²) in [5, 5.41) is 0. The molecule has 0 atom stereocenters. The van der Waals surface area contributed by atoms with Crippen molar-refractivity contribution in [1.29, 1.82) is 0 Å². The molecule has 0 aliphatic heterocycles. The number of rotatable bonds is 10. The first-order valence-corrected chi connectivity index (χ1v) is 12.3. The van der Waals surface area contributed by atoms with Crippen LogP contribution in [0.25, 0.3) is 0 Å². The first-order chi connectivity index (χ1) is 16.3. The lowest BCUT2D eigenvalue weighted by Gasteiger charge is -2.25. The molecule has 0 aliphatic rings. The zero-order valence-corrected chi connectivity index (χ0v) is 20.7. The number of carbonyl (C=O) groups is 1. The van der Waals surface area contributed by atoms with Gasteiger partial charge in [0.15, 0.2) is 0 Å². The number of sulfonamides is 1. The topological polar surface area (TPSA) is 76.2 Å². The SMILES string of the molecule is COCCN(Cc1ccccc1)C(=O)c1cc(S(=O)(=O)N(C)c2ccccc2OC)ccc1C. The maximum atomic E-state index is 13.5. The number of nitrogens with zero attached hydrogens (tertiary/aromatic N) is 2. The minimum Gasteiger partial charge on any atom is -0.495 e. The highest BCUT2D eigenvalue weighted by Crippen LogP contribution is 2.31. The number of ether oxygens (including phenoxy) is 2. The van der Waals surface area contributed by atoms with Crippen LogP contribution in [0.15, 0.2) is 77.7 Å². The average molecular weight is 483 g/mol. The summed E-state index contributed by atoms with van der Waals surface area (Å²) in [6.45, 7) is 2.93. The minimum absolute atomic E-state index is 0.0289. The monoisotopic (exact) mass is 482 g/mol. The second-order valence-electron chi connectivity index (χ2n) is 7.83. The van der Waals surface area contributed by atoms with Crippen molar-refractivity contribution in [2.45, 2.75) is 18.4 Å². The standard InChI is InChI=1S/C26H30N2O5S/c1-20-14-15-22(34(30,31)27(2)24-12-8-9-13-25(24)33-4)18-23(20)26(29)28(16-17-32-3)19-21-10-6-5-7-11-21/h5-15,18H,16-17,19H2,1-4H3. The van der Waals surface area contributed by atoms with Gasteiger partial charge in [-0.05, 0) is 42.3 Å². The van der Waals surface area contributed by atoms with Crippen LogP contribution in [0.5, 0.6) is 5.75 Å². The molecule has 0 unspecified atom stereocenters. The van der Waals surface area contributed by atoms with Gasteiger partial charge in [-0.2, -0.15) is 0 Å².